The number of carbonyl (C=O) groups is 1. The molecule has 11 heteroatoms. The summed E-state index contributed by atoms with van der Waals surface area (Å²) >= 11 is 0. The van der Waals surface area contributed by atoms with Gasteiger partial charge in [-0.2, -0.15) is 5.10 Å². The molecule has 1 fully saturated rings. The molecule has 1 unspecified atom stereocenters. The molecule has 164 valence electrons. The van der Waals surface area contributed by atoms with Crippen LogP contribution in [-0.4, -0.2) is 96.5 Å². The summed E-state index contributed by atoms with van der Waals surface area (Å²) in [6.07, 6.45) is 2.00. The number of likely N-dealkylation sites (N-methyl/N-ethyl adjacent to an activating group) is 1. The molecule has 0 spiro atoms. The van der Waals surface area contributed by atoms with Crippen LogP contribution in [0, 0.1) is 6.92 Å². The summed E-state index contributed by atoms with van der Waals surface area (Å²) in [6, 6.07) is 0.0408. The van der Waals surface area contributed by atoms with E-state index in [4.69, 9.17) is 4.74 Å². The van der Waals surface area contributed by atoms with E-state index in [1.807, 2.05) is 11.6 Å². The maximum Gasteiger partial charge on any atom is 0.243 e. The highest BCUT2D eigenvalue weighted by molar-refractivity contribution is 14.0. The van der Waals surface area contributed by atoms with Gasteiger partial charge in [-0.1, -0.05) is 0 Å². The van der Waals surface area contributed by atoms with E-state index in [1.54, 1.807) is 19.0 Å². The van der Waals surface area contributed by atoms with Crippen LogP contribution in [0.15, 0.2) is 4.99 Å². The predicted octanol–water partition coefficient (Wildman–Crippen LogP) is -0.00498. The first-order valence-corrected chi connectivity index (χ1v) is 9.99. The largest absolute Gasteiger partial charge is 0.379 e. The molecule has 1 aromatic rings. The van der Waals surface area contributed by atoms with Crippen molar-refractivity contribution in [3.05, 3.63) is 11.6 Å². The Kier molecular flexibility index (Phi) is 9.56. The molecular formula is C18H33IN8O2. The van der Waals surface area contributed by atoms with Gasteiger partial charge in [0.1, 0.15) is 18.2 Å². The van der Waals surface area contributed by atoms with Gasteiger partial charge in [0.15, 0.2) is 5.96 Å². The van der Waals surface area contributed by atoms with Crippen LogP contribution in [0.3, 0.4) is 0 Å². The van der Waals surface area contributed by atoms with E-state index >= 15 is 0 Å². The van der Waals surface area contributed by atoms with Crippen LogP contribution in [0.2, 0.25) is 0 Å². The number of nitrogens with zero attached hydrogens (tertiary/aromatic N) is 6. The zero-order valence-electron chi connectivity index (χ0n) is 17.6. The summed E-state index contributed by atoms with van der Waals surface area (Å²) in [4.78, 5) is 25.0. The Morgan fingerprint density at radius 2 is 2.07 bits per heavy atom. The van der Waals surface area contributed by atoms with Gasteiger partial charge in [0.05, 0.1) is 19.3 Å². The standard InChI is InChI=1S/C18H32N8O2.HI/c1-14-21-17-15(5-4-7-26(17)23-14)22-18(20-13-16(27)24(2)3)19-6-8-25-9-11-28-12-10-25;/h15H,4-13H2,1-3H3,(H2,19,20,22);1H. The van der Waals surface area contributed by atoms with Crippen molar-refractivity contribution in [3.8, 4) is 0 Å². The number of hydrogen-bond acceptors (Lipinski definition) is 6. The molecule has 0 bridgehead atoms. The van der Waals surface area contributed by atoms with Gasteiger partial charge in [-0.05, 0) is 19.8 Å². The lowest BCUT2D eigenvalue weighted by atomic mass is 10.1. The minimum absolute atomic E-state index is 0. The van der Waals surface area contributed by atoms with Gasteiger partial charge in [0, 0.05) is 46.8 Å². The molecular weight excluding hydrogens is 487 g/mol. The number of amides is 1. The van der Waals surface area contributed by atoms with Gasteiger partial charge in [0.2, 0.25) is 5.91 Å². The van der Waals surface area contributed by atoms with Crippen molar-refractivity contribution < 1.29 is 9.53 Å². The lowest BCUT2D eigenvalue weighted by Crippen LogP contribution is -2.46. The second-order valence-electron chi connectivity index (χ2n) is 7.41. The molecule has 0 aromatic carbocycles. The summed E-state index contributed by atoms with van der Waals surface area (Å²) < 4.78 is 7.36. The number of halogens is 1. The molecule has 2 N–H and O–H groups in total. The summed E-state index contributed by atoms with van der Waals surface area (Å²) in [5, 5.41) is 11.3. The molecule has 0 saturated carbocycles. The third-order valence-corrected chi connectivity index (χ3v) is 4.99. The molecule has 1 aromatic heterocycles. The van der Waals surface area contributed by atoms with Crippen molar-refractivity contribution in [1.82, 2.24) is 35.2 Å². The van der Waals surface area contributed by atoms with E-state index in [-0.39, 0.29) is 42.5 Å². The van der Waals surface area contributed by atoms with Crippen LogP contribution < -0.4 is 10.6 Å². The Morgan fingerprint density at radius 1 is 1.31 bits per heavy atom. The summed E-state index contributed by atoms with van der Waals surface area (Å²) in [7, 11) is 3.48. The quantitative estimate of drug-likeness (QED) is 0.310. The van der Waals surface area contributed by atoms with E-state index in [1.165, 1.54) is 0 Å². The van der Waals surface area contributed by atoms with Crippen molar-refractivity contribution in [3.63, 3.8) is 0 Å². The number of nitrogens with one attached hydrogen (secondary N) is 2. The highest BCUT2D eigenvalue weighted by atomic mass is 127. The second-order valence-corrected chi connectivity index (χ2v) is 7.41. The molecule has 1 atom stereocenters. The van der Waals surface area contributed by atoms with E-state index in [0.29, 0.717) is 5.96 Å². The first-order chi connectivity index (χ1) is 13.5. The van der Waals surface area contributed by atoms with Gasteiger partial charge < -0.3 is 20.3 Å². The first-order valence-electron chi connectivity index (χ1n) is 9.99. The van der Waals surface area contributed by atoms with Crippen LogP contribution in [0.4, 0.5) is 0 Å². The Morgan fingerprint density at radius 3 is 2.79 bits per heavy atom. The van der Waals surface area contributed by atoms with Crippen molar-refractivity contribution >= 4 is 35.8 Å². The normalized spacial score (nSPS) is 19.8. The number of ether oxygens (including phenoxy) is 1. The topological polar surface area (TPSA) is 99.9 Å². The van der Waals surface area contributed by atoms with Gasteiger partial charge >= 0.3 is 0 Å². The van der Waals surface area contributed by atoms with Crippen molar-refractivity contribution in [1.29, 1.82) is 0 Å². The molecule has 1 amide bonds. The molecule has 3 heterocycles. The summed E-state index contributed by atoms with van der Waals surface area (Å²) in [6.45, 7) is 8.04. The molecule has 2 aliphatic rings. The Balaban J connectivity index is 0.00000300. The fraction of sp³-hybridized carbons (Fsp3) is 0.778. The summed E-state index contributed by atoms with van der Waals surface area (Å²) in [5.74, 6) is 2.33. The molecule has 0 aliphatic carbocycles. The van der Waals surface area contributed by atoms with Gasteiger partial charge in [-0.25, -0.2) is 14.7 Å². The minimum atomic E-state index is -0.0306. The van der Waals surface area contributed by atoms with Crippen LogP contribution in [0.25, 0.3) is 0 Å². The number of hydrogen-bond donors (Lipinski definition) is 2. The van der Waals surface area contributed by atoms with Crippen molar-refractivity contribution in [2.24, 2.45) is 4.99 Å². The minimum Gasteiger partial charge on any atom is -0.379 e. The van der Waals surface area contributed by atoms with E-state index < -0.39 is 0 Å². The highest BCUT2D eigenvalue weighted by Crippen LogP contribution is 2.22. The fourth-order valence-corrected chi connectivity index (χ4v) is 3.37. The maximum atomic E-state index is 12.0. The number of carbonyl (C=O) groups excluding carboxylic acids is 1. The zero-order chi connectivity index (χ0) is 19.9. The van der Waals surface area contributed by atoms with E-state index in [2.05, 4.69) is 30.6 Å². The summed E-state index contributed by atoms with van der Waals surface area (Å²) in [5.41, 5.74) is 0. The Bertz CT molecular complexity index is 687. The van der Waals surface area contributed by atoms with Crippen LogP contribution in [-0.2, 0) is 16.1 Å². The van der Waals surface area contributed by atoms with Crippen molar-refractivity contribution in [2.75, 3.05) is 60.0 Å². The second kappa shape index (κ2) is 11.6. The average molecular weight is 520 g/mol. The number of fused-ring (bicyclic) bond motifs is 1. The third-order valence-electron chi connectivity index (χ3n) is 4.99. The average Bonchev–Trinajstić information content (AvgIpc) is 3.07. The number of rotatable bonds is 6. The lowest BCUT2D eigenvalue weighted by molar-refractivity contribution is -0.127. The highest BCUT2D eigenvalue weighted by Gasteiger charge is 2.24. The number of guanidine groups is 1. The Labute approximate surface area is 189 Å². The molecule has 2 aliphatic heterocycles. The molecule has 1 saturated heterocycles. The lowest BCUT2D eigenvalue weighted by Gasteiger charge is -2.28. The zero-order valence-corrected chi connectivity index (χ0v) is 19.9. The van der Waals surface area contributed by atoms with Crippen LogP contribution in [0.1, 0.15) is 30.5 Å². The van der Waals surface area contributed by atoms with E-state index in [0.717, 1.165) is 70.4 Å². The van der Waals surface area contributed by atoms with E-state index in [9.17, 15) is 4.79 Å². The van der Waals surface area contributed by atoms with Crippen molar-refractivity contribution in [2.45, 2.75) is 32.4 Å². The molecule has 10 nitrogen and oxygen atoms in total. The number of morpholine rings is 1. The van der Waals surface area contributed by atoms with Gasteiger partial charge in [0.25, 0.3) is 0 Å². The van der Waals surface area contributed by atoms with Gasteiger partial charge in [-0.15, -0.1) is 24.0 Å². The molecule has 29 heavy (non-hydrogen) atoms. The fourth-order valence-electron chi connectivity index (χ4n) is 3.37. The maximum absolute atomic E-state index is 12.0. The monoisotopic (exact) mass is 520 g/mol. The molecule has 0 radical (unpaired) electrons. The van der Waals surface area contributed by atoms with Crippen LogP contribution >= 0.6 is 24.0 Å². The SMILES string of the molecule is Cc1nc2n(n1)CCCC2NC(=NCC(=O)N(C)C)NCCN1CCOCC1.I. The Hall–Kier alpha value is -1.47. The molecule has 3 rings (SSSR count). The van der Waals surface area contributed by atoms with Gasteiger partial charge in [-0.3, -0.25) is 9.69 Å². The smallest absolute Gasteiger partial charge is 0.243 e. The first kappa shape index (κ1) is 23.8. The number of aromatic nitrogens is 3. The number of aryl methyl sites for hydroxylation is 2. The number of aliphatic imine (C=N–C) groups is 1. The predicted molar refractivity (Wildman–Crippen MR) is 122 cm³/mol. The third kappa shape index (κ3) is 7.07. The van der Waals surface area contributed by atoms with Crippen LogP contribution in [0.5, 0.6) is 0 Å².